The van der Waals surface area contributed by atoms with Crippen molar-refractivity contribution in [3.63, 3.8) is 0 Å². The van der Waals surface area contributed by atoms with Crippen LogP contribution in [0.1, 0.15) is 39.5 Å². The van der Waals surface area contributed by atoms with Crippen molar-refractivity contribution < 1.29 is 34.5 Å². The predicted octanol–water partition coefficient (Wildman–Crippen LogP) is -3.83. The second kappa shape index (κ2) is 12.9. The predicted molar refractivity (Wildman–Crippen MR) is 117 cm³/mol. The fourth-order valence-corrected chi connectivity index (χ4v) is 3.42. The molecule has 1 rings (SSSR count). The maximum Gasteiger partial charge on any atom is 0.328 e. The summed E-state index contributed by atoms with van der Waals surface area (Å²) in [6.07, 6.45) is -1.27. The summed E-state index contributed by atoms with van der Waals surface area (Å²) in [5.74, 6) is -3.62. The Hall–Kier alpha value is -2.97. The molecular formula is C19H35N7O7. The van der Waals surface area contributed by atoms with E-state index < -0.39 is 60.1 Å². The molecule has 14 nitrogen and oxygen atoms in total. The third kappa shape index (κ3) is 8.47. The average Bonchev–Trinajstić information content (AvgIpc) is 3.21. The van der Waals surface area contributed by atoms with Gasteiger partial charge in [-0.15, -0.1) is 0 Å². The molecule has 1 saturated heterocycles. The molecular weight excluding hydrogens is 438 g/mol. The van der Waals surface area contributed by atoms with Crippen molar-refractivity contribution in [1.82, 2.24) is 15.5 Å². The Morgan fingerprint density at radius 3 is 2.21 bits per heavy atom. The molecule has 1 heterocycles. The normalized spacial score (nSPS) is 20.2. The summed E-state index contributed by atoms with van der Waals surface area (Å²) in [7, 11) is 0. The largest absolute Gasteiger partial charge is 0.480 e. The first-order valence-corrected chi connectivity index (χ1v) is 10.7. The summed E-state index contributed by atoms with van der Waals surface area (Å²) < 4.78 is 0. The fraction of sp³-hybridized carbons (Fsp3) is 0.737. The van der Waals surface area contributed by atoms with Crippen molar-refractivity contribution >= 4 is 29.7 Å². The molecule has 1 aliphatic heterocycles. The van der Waals surface area contributed by atoms with Gasteiger partial charge in [-0.1, -0.05) is 0 Å². The third-order valence-corrected chi connectivity index (χ3v) is 5.24. The van der Waals surface area contributed by atoms with Crippen LogP contribution >= 0.6 is 0 Å². The molecule has 6 atom stereocenters. The number of likely N-dealkylation sites (tertiary alicyclic amines) is 1. The van der Waals surface area contributed by atoms with Crippen LogP contribution in [0.3, 0.4) is 0 Å². The molecule has 14 heteroatoms. The molecule has 0 spiro atoms. The average molecular weight is 474 g/mol. The van der Waals surface area contributed by atoms with Crippen LogP contribution in [0.15, 0.2) is 4.99 Å². The number of rotatable bonds is 12. The molecule has 0 aromatic rings. The van der Waals surface area contributed by atoms with Gasteiger partial charge in [0.2, 0.25) is 17.7 Å². The van der Waals surface area contributed by atoms with Crippen LogP contribution < -0.4 is 27.8 Å². The molecule has 11 N–H and O–H groups in total. The van der Waals surface area contributed by atoms with Crippen molar-refractivity contribution in [2.45, 2.75) is 75.9 Å². The first kappa shape index (κ1) is 28.1. The fourth-order valence-electron chi connectivity index (χ4n) is 3.42. The number of nitrogens with two attached hydrogens (primary N) is 3. The first-order valence-electron chi connectivity index (χ1n) is 10.7. The highest BCUT2D eigenvalue weighted by atomic mass is 16.4. The van der Waals surface area contributed by atoms with Gasteiger partial charge in [-0.05, 0) is 39.5 Å². The van der Waals surface area contributed by atoms with Gasteiger partial charge in [-0.2, -0.15) is 0 Å². The van der Waals surface area contributed by atoms with Crippen LogP contribution in [-0.2, 0) is 19.2 Å². The van der Waals surface area contributed by atoms with Crippen LogP contribution in [-0.4, -0.2) is 99.3 Å². The van der Waals surface area contributed by atoms with E-state index in [-0.39, 0.29) is 31.9 Å². The Bertz CT molecular complexity index is 740. The number of guanidine groups is 1. The zero-order valence-electron chi connectivity index (χ0n) is 18.8. The number of nitrogens with zero attached hydrogens (tertiary/aromatic N) is 2. The Morgan fingerprint density at radius 2 is 1.70 bits per heavy atom. The number of aliphatic hydroxyl groups is 2. The number of amides is 3. The molecule has 0 bridgehead atoms. The molecule has 188 valence electrons. The topological polar surface area (TPSA) is 247 Å². The van der Waals surface area contributed by atoms with Gasteiger partial charge in [-0.3, -0.25) is 19.4 Å². The van der Waals surface area contributed by atoms with Crippen LogP contribution in [0, 0.1) is 0 Å². The van der Waals surface area contributed by atoms with E-state index in [1.807, 2.05) is 0 Å². The van der Waals surface area contributed by atoms with Crippen molar-refractivity contribution in [3.8, 4) is 0 Å². The minimum Gasteiger partial charge on any atom is -0.480 e. The number of carboxylic acid groups (broad SMARTS) is 1. The number of carboxylic acids is 1. The Morgan fingerprint density at radius 1 is 1.09 bits per heavy atom. The third-order valence-electron chi connectivity index (χ3n) is 5.24. The van der Waals surface area contributed by atoms with Crippen LogP contribution in [0.4, 0.5) is 0 Å². The molecule has 1 aliphatic rings. The van der Waals surface area contributed by atoms with Gasteiger partial charge in [0.05, 0.1) is 18.2 Å². The van der Waals surface area contributed by atoms with Crippen LogP contribution in [0.2, 0.25) is 0 Å². The Labute approximate surface area is 191 Å². The van der Waals surface area contributed by atoms with Crippen molar-refractivity contribution in [1.29, 1.82) is 0 Å². The van der Waals surface area contributed by atoms with E-state index in [1.54, 1.807) is 0 Å². The number of aliphatic hydroxyl groups excluding tert-OH is 2. The van der Waals surface area contributed by atoms with E-state index in [9.17, 15) is 29.4 Å². The van der Waals surface area contributed by atoms with Crippen LogP contribution in [0.25, 0.3) is 0 Å². The van der Waals surface area contributed by atoms with Crippen LogP contribution in [0.5, 0.6) is 0 Å². The number of aliphatic carboxylic acids is 1. The maximum absolute atomic E-state index is 13.1. The molecule has 33 heavy (non-hydrogen) atoms. The summed E-state index contributed by atoms with van der Waals surface area (Å²) in [4.78, 5) is 54.3. The standard InChI is InChI=1S/C19H35N7O7/c1-9(27)13(24-15(29)11(20)5-3-7-23-19(21)22)17(31)26-8-4-6-12(26)16(30)25-14(10(2)28)18(32)33/h9-14,27-28H,3-8,20H2,1-2H3,(H,24,29)(H,25,30)(H,32,33)(H4,21,22,23). The lowest BCUT2D eigenvalue weighted by Gasteiger charge is -2.31. The SMILES string of the molecule is CC(O)C(NC(=O)C1CCCN1C(=O)C(NC(=O)C(N)CCCN=C(N)N)C(C)O)C(=O)O. The minimum atomic E-state index is -1.54. The molecule has 0 aliphatic carbocycles. The molecule has 6 unspecified atom stereocenters. The number of carbonyl (C=O) groups excluding carboxylic acids is 3. The van der Waals surface area contributed by atoms with E-state index in [0.29, 0.717) is 12.8 Å². The maximum atomic E-state index is 13.1. The first-order chi connectivity index (χ1) is 15.4. The number of hydrogen-bond acceptors (Lipinski definition) is 8. The smallest absolute Gasteiger partial charge is 0.328 e. The van der Waals surface area contributed by atoms with Crippen molar-refractivity contribution in [2.75, 3.05) is 13.1 Å². The Balaban J connectivity index is 2.83. The highest BCUT2D eigenvalue weighted by Crippen LogP contribution is 2.20. The lowest BCUT2D eigenvalue weighted by Crippen LogP contribution is -2.60. The van der Waals surface area contributed by atoms with E-state index in [4.69, 9.17) is 22.3 Å². The number of nitrogens with one attached hydrogen (secondary N) is 2. The summed E-state index contributed by atoms with van der Waals surface area (Å²) in [6.45, 7) is 2.98. The quantitative estimate of drug-likeness (QED) is 0.0779. The van der Waals surface area contributed by atoms with Gasteiger partial charge in [0.15, 0.2) is 12.0 Å². The zero-order chi connectivity index (χ0) is 25.3. The number of aliphatic imine (C=N–C) groups is 1. The van der Waals surface area contributed by atoms with Crippen molar-refractivity contribution in [3.05, 3.63) is 0 Å². The second-order valence-corrected chi connectivity index (χ2v) is 8.04. The number of hydrogen-bond donors (Lipinski definition) is 8. The van der Waals surface area contributed by atoms with Gasteiger partial charge < -0.3 is 48.1 Å². The van der Waals surface area contributed by atoms with E-state index in [0.717, 1.165) is 0 Å². The van der Waals surface area contributed by atoms with Gasteiger partial charge in [-0.25, -0.2) is 4.79 Å². The summed E-state index contributed by atoms with van der Waals surface area (Å²) >= 11 is 0. The molecule has 1 fully saturated rings. The van der Waals surface area contributed by atoms with E-state index >= 15 is 0 Å². The second-order valence-electron chi connectivity index (χ2n) is 8.04. The molecule has 3 amide bonds. The molecule has 0 aromatic heterocycles. The summed E-state index contributed by atoms with van der Waals surface area (Å²) in [5, 5.41) is 33.5. The van der Waals surface area contributed by atoms with E-state index in [1.165, 1.54) is 18.7 Å². The lowest BCUT2D eigenvalue weighted by molar-refractivity contribution is -0.147. The van der Waals surface area contributed by atoms with Crippen molar-refractivity contribution in [2.24, 2.45) is 22.2 Å². The summed E-state index contributed by atoms with van der Waals surface area (Å²) in [6, 6.07) is -4.89. The number of carbonyl (C=O) groups is 4. The monoisotopic (exact) mass is 473 g/mol. The zero-order valence-corrected chi connectivity index (χ0v) is 18.8. The van der Waals surface area contributed by atoms with Gasteiger partial charge in [0.25, 0.3) is 0 Å². The lowest BCUT2D eigenvalue weighted by atomic mass is 10.1. The summed E-state index contributed by atoms with van der Waals surface area (Å²) in [5.41, 5.74) is 16.3. The molecule has 0 aromatic carbocycles. The Kier molecular flexibility index (Phi) is 11.0. The molecule has 0 saturated carbocycles. The van der Waals surface area contributed by atoms with Gasteiger partial charge in [0, 0.05) is 13.1 Å². The van der Waals surface area contributed by atoms with Gasteiger partial charge in [0.1, 0.15) is 12.1 Å². The van der Waals surface area contributed by atoms with E-state index in [2.05, 4.69) is 15.6 Å². The highest BCUT2D eigenvalue weighted by Gasteiger charge is 2.40. The minimum absolute atomic E-state index is 0.0832. The molecule has 0 radical (unpaired) electrons. The van der Waals surface area contributed by atoms with Gasteiger partial charge >= 0.3 is 5.97 Å². The highest BCUT2D eigenvalue weighted by molar-refractivity contribution is 5.94.